The van der Waals surface area contributed by atoms with E-state index in [0.29, 0.717) is 28.7 Å². The Morgan fingerprint density at radius 3 is 2.43 bits per heavy atom. The van der Waals surface area contributed by atoms with E-state index in [-0.39, 0.29) is 5.78 Å². The predicted octanol–water partition coefficient (Wildman–Crippen LogP) is 3.97. The number of hydrogen-bond acceptors (Lipinski definition) is 6. The van der Waals surface area contributed by atoms with Gasteiger partial charge in [0.15, 0.2) is 30.5 Å². The van der Waals surface area contributed by atoms with Crippen molar-refractivity contribution in [2.45, 2.75) is 33.1 Å². The molecule has 7 heteroatoms. The number of esters is 1. The molecule has 1 N–H and O–H groups in total. The number of methoxy groups -OCH3 is 1. The summed E-state index contributed by atoms with van der Waals surface area (Å²) < 4.78 is 15.6. The standard InChI is InChI=1S/C23H27NO6/c1-5-15(2)18-8-6-7-9-19(18)24-22(26)13-30-23(27)14-29-20-11-10-17(16(3)25)12-21(20)28-4/h6-12,15H,5,13-14H2,1-4H3,(H,24,26)/t15-/m0/s1. The first-order chi connectivity index (χ1) is 14.3. The number of nitrogens with one attached hydrogen (secondary N) is 1. The zero-order valence-electron chi connectivity index (χ0n) is 17.7. The van der Waals surface area contributed by atoms with Crippen LogP contribution in [0.4, 0.5) is 5.69 Å². The fourth-order valence-corrected chi connectivity index (χ4v) is 2.78. The van der Waals surface area contributed by atoms with Crippen LogP contribution >= 0.6 is 0 Å². The highest BCUT2D eigenvalue weighted by molar-refractivity contribution is 5.95. The van der Waals surface area contributed by atoms with Gasteiger partial charge < -0.3 is 19.5 Å². The van der Waals surface area contributed by atoms with Crippen LogP contribution in [0.2, 0.25) is 0 Å². The molecular formula is C23H27NO6. The first kappa shape index (κ1) is 22.9. The molecule has 1 atom stereocenters. The number of Topliss-reactive ketones (excluding diaryl/α,β-unsaturated/α-hetero) is 1. The van der Waals surface area contributed by atoms with Crippen molar-refractivity contribution in [3.8, 4) is 11.5 Å². The number of hydrogen-bond donors (Lipinski definition) is 1. The first-order valence-electron chi connectivity index (χ1n) is 9.71. The molecule has 2 rings (SSSR count). The van der Waals surface area contributed by atoms with Crippen LogP contribution in [-0.4, -0.2) is 38.0 Å². The van der Waals surface area contributed by atoms with Crippen molar-refractivity contribution in [3.63, 3.8) is 0 Å². The molecule has 1 amide bonds. The van der Waals surface area contributed by atoms with Crippen LogP contribution in [0.15, 0.2) is 42.5 Å². The maximum atomic E-state index is 12.2. The van der Waals surface area contributed by atoms with Crippen LogP contribution in [0.1, 0.15) is 49.0 Å². The zero-order valence-corrected chi connectivity index (χ0v) is 17.7. The second-order valence-corrected chi connectivity index (χ2v) is 6.82. The number of ketones is 1. The zero-order chi connectivity index (χ0) is 22.1. The lowest BCUT2D eigenvalue weighted by atomic mass is 9.97. The molecule has 7 nitrogen and oxygen atoms in total. The van der Waals surface area contributed by atoms with Crippen LogP contribution in [0.3, 0.4) is 0 Å². The van der Waals surface area contributed by atoms with Crippen molar-refractivity contribution in [1.82, 2.24) is 0 Å². The van der Waals surface area contributed by atoms with Gasteiger partial charge >= 0.3 is 5.97 Å². The number of carbonyl (C=O) groups excluding carboxylic acids is 3. The van der Waals surface area contributed by atoms with Crippen molar-refractivity contribution in [2.24, 2.45) is 0 Å². The van der Waals surface area contributed by atoms with Gasteiger partial charge in [-0.3, -0.25) is 9.59 Å². The van der Waals surface area contributed by atoms with E-state index >= 15 is 0 Å². The number of anilines is 1. The van der Waals surface area contributed by atoms with Crippen LogP contribution in [-0.2, 0) is 14.3 Å². The first-order valence-corrected chi connectivity index (χ1v) is 9.71. The maximum absolute atomic E-state index is 12.2. The minimum atomic E-state index is -0.696. The molecule has 0 unspecified atom stereocenters. The van der Waals surface area contributed by atoms with Crippen LogP contribution < -0.4 is 14.8 Å². The smallest absolute Gasteiger partial charge is 0.344 e. The Morgan fingerprint density at radius 1 is 1.03 bits per heavy atom. The SMILES string of the molecule is CC[C@H](C)c1ccccc1NC(=O)COC(=O)COc1ccc(C(C)=O)cc1OC. The lowest BCUT2D eigenvalue weighted by molar-refractivity contribution is -0.149. The van der Waals surface area contributed by atoms with E-state index in [1.54, 1.807) is 12.1 Å². The van der Waals surface area contributed by atoms with Gasteiger partial charge in [0.2, 0.25) is 0 Å². The topological polar surface area (TPSA) is 90.9 Å². The number of para-hydroxylation sites is 1. The lowest BCUT2D eigenvalue weighted by Crippen LogP contribution is -2.24. The summed E-state index contributed by atoms with van der Waals surface area (Å²) in [5.41, 5.74) is 2.21. The summed E-state index contributed by atoms with van der Waals surface area (Å²) in [4.78, 5) is 35.6. The van der Waals surface area contributed by atoms with Crippen molar-refractivity contribution in [3.05, 3.63) is 53.6 Å². The highest BCUT2D eigenvalue weighted by atomic mass is 16.6. The molecule has 0 heterocycles. The van der Waals surface area contributed by atoms with Crippen molar-refractivity contribution in [2.75, 3.05) is 25.6 Å². The van der Waals surface area contributed by atoms with Gasteiger partial charge in [0.1, 0.15) is 0 Å². The van der Waals surface area contributed by atoms with Gasteiger partial charge in [-0.25, -0.2) is 4.79 Å². The molecule has 2 aromatic carbocycles. The molecular weight excluding hydrogens is 386 g/mol. The Labute approximate surface area is 176 Å². The van der Waals surface area contributed by atoms with E-state index in [1.807, 2.05) is 24.3 Å². The third kappa shape index (κ3) is 6.34. The molecule has 0 aliphatic heterocycles. The molecule has 0 aliphatic rings. The molecule has 0 aliphatic carbocycles. The minimum Gasteiger partial charge on any atom is -0.493 e. The summed E-state index contributed by atoms with van der Waals surface area (Å²) in [5, 5.41) is 2.78. The van der Waals surface area contributed by atoms with E-state index < -0.39 is 25.1 Å². The summed E-state index contributed by atoms with van der Waals surface area (Å²) >= 11 is 0. The lowest BCUT2D eigenvalue weighted by Gasteiger charge is -2.15. The highest BCUT2D eigenvalue weighted by Gasteiger charge is 2.14. The summed E-state index contributed by atoms with van der Waals surface area (Å²) in [6.07, 6.45) is 0.941. The molecule has 0 saturated heterocycles. The number of rotatable bonds is 10. The van der Waals surface area contributed by atoms with Crippen LogP contribution in [0, 0.1) is 0 Å². The maximum Gasteiger partial charge on any atom is 0.344 e. The molecule has 0 bridgehead atoms. The number of carbonyl (C=O) groups is 3. The highest BCUT2D eigenvalue weighted by Crippen LogP contribution is 2.28. The van der Waals surface area contributed by atoms with Crippen LogP contribution in [0.5, 0.6) is 11.5 Å². The molecule has 0 aromatic heterocycles. The Balaban J connectivity index is 1.87. The number of ether oxygens (including phenoxy) is 3. The number of benzene rings is 2. The average Bonchev–Trinajstić information content (AvgIpc) is 2.75. The Hall–Kier alpha value is -3.35. The Kier molecular flexibility index (Phi) is 8.41. The fraction of sp³-hybridized carbons (Fsp3) is 0.348. The van der Waals surface area contributed by atoms with Crippen molar-refractivity contribution >= 4 is 23.3 Å². The quantitative estimate of drug-likeness (QED) is 0.468. The number of amides is 1. The van der Waals surface area contributed by atoms with Crippen molar-refractivity contribution in [1.29, 1.82) is 0 Å². The second-order valence-electron chi connectivity index (χ2n) is 6.82. The Morgan fingerprint density at radius 2 is 1.77 bits per heavy atom. The normalized spacial score (nSPS) is 11.3. The van der Waals surface area contributed by atoms with Gasteiger partial charge in [-0.2, -0.15) is 0 Å². The molecule has 0 spiro atoms. The van der Waals surface area contributed by atoms with E-state index in [2.05, 4.69) is 19.2 Å². The van der Waals surface area contributed by atoms with E-state index in [9.17, 15) is 14.4 Å². The van der Waals surface area contributed by atoms with Gasteiger partial charge in [0, 0.05) is 11.3 Å². The minimum absolute atomic E-state index is 0.111. The van der Waals surface area contributed by atoms with E-state index in [1.165, 1.54) is 20.1 Å². The molecule has 2 aromatic rings. The monoisotopic (exact) mass is 413 g/mol. The fourth-order valence-electron chi connectivity index (χ4n) is 2.78. The molecule has 0 radical (unpaired) electrons. The van der Waals surface area contributed by atoms with E-state index in [4.69, 9.17) is 14.2 Å². The Bertz CT molecular complexity index is 908. The summed E-state index contributed by atoms with van der Waals surface area (Å²) in [5.74, 6) is -0.316. The average molecular weight is 413 g/mol. The third-order valence-corrected chi connectivity index (χ3v) is 4.66. The largest absolute Gasteiger partial charge is 0.493 e. The summed E-state index contributed by atoms with van der Waals surface area (Å²) in [6, 6.07) is 12.2. The van der Waals surface area contributed by atoms with Gasteiger partial charge in [-0.1, -0.05) is 32.0 Å². The molecule has 0 saturated carbocycles. The van der Waals surface area contributed by atoms with Gasteiger partial charge in [0.05, 0.1) is 7.11 Å². The predicted molar refractivity (Wildman–Crippen MR) is 113 cm³/mol. The summed E-state index contributed by atoms with van der Waals surface area (Å²) in [6.45, 7) is 4.79. The second kappa shape index (κ2) is 11.0. The molecule has 30 heavy (non-hydrogen) atoms. The van der Waals surface area contributed by atoms with Gasteiger partial charge in [-0.05, 0) is 49.1 Å². The molecule has 0 fully saturated rings. The van der Waals surface area contributed by atoms with Crippen LogP contribution in [0.25, 0.3) is 0 Å². The van der Waals surface area contributed by atoms with Crippen molar-refractivity contribution < 1.29 is 28.6 Å². The summed E-state index contributed by atoms with van der Waals surface area (Å²) in [7, 11) is 1.44. The third-order valence-electron chi connectivity index (χ3n) is 4.66. The molecule has 160 valence electrons. The van der Waals surface area contributed by atoms with E-state index in [0.717, 1.165) is 12.0 Å². The van der Waals surface area contributed by atoms with Gasteiger partial charge in [-0.15, -0.1) is 0 Å². The van der Waals surface area contributed by atoms with Gasteiger partial charge in [0.25, 0.3) is 5.91 Å².